The fourth-order valence-corrected chi connectivity index (χ4v) is 0.588. The summed E-state index contributed by atoms with van der Waals surface area (Å²) in [7, 11) is 0. The second kappa shape index (κ2) is 4.89. The molecule has 0 heterocycles. The first-order valence-electron chi connectivity index (χ1n) is 3.16. The van der Waals surface area contributed by atoms with E-state index >= 15 is 0 Å². The van der Waals surface area contributed by atoms with Gasteiger partial charge in [-0.15, -0.1) is 0 Å². The summed E-state index contributed by atoms with van der Waals surface area (Å²) >= 11 is 0. The Morgan fingerprint density at radius 2 is 2.12 bits per heavy atom. The minimum absolute atomic E-state index is 0.568. The van der Waals surface area contributed by atoms with Crippen LogP contribution in [0.15, 0.2) is 12.2 Å². The molecule has 0 rings (SSSR count). The largest absolute Gasteiger partial charge is 0.0992 e. The monoisotopic (exact) mass is 109 g/mol. The zero-order valence-electron chi connectivity index (χ0n) is 5.54. The standard InChI is InChI=1S/C8H13/c1-4-5-6-7-8(2)3/h2,4-7H2,1H3. The molecule has 0 fully saturated rings. The number of rotatable bonds is 4. The van der Waals surface area contributed by atoms with E-state index in [-0.39, 0.29) is 0 Å². The molecule has 8 heavy (non-hydrogen) atoms. The third kappa shape index (κ3) is 5.74. The van der Waals surface area contributed by atoms with E-state index in [4.69, 9.17) is 6.92 Å². The lowest BCUT2D eigenvalue weighted by Crippen LogP contribution is -1.75. The summed E-state index contributed by atoms with van der Waals surface area (Å²) in [5.41, 5.74) is 0.568. The lowest BCUT2D eigenvalue weighted by Gasteiger charge is -1.94. The molecule has 0 saturated carbocycles. The van der Waals surface area contributed by atoms with Crippen molar-refractivity contribution in [1.82, 2.24) is 0 Å². The highest BCUT2D eigenvalue weighted by molar-refractivity contribution is 4.96. The molecule has 0 bridgehead atoms. The van der Waals surface area contributed by atoms with Crippen molar-refractivity contribution in [3.8, 4) is 0 Å². The quantitative estimate of drug-likeness (QED) is 0.487. The van der Waals surface area contributed by atoms with Crippen molar-refractivity contribution >= 4 is 0 Å². The van der Waals surface area contributed by atoms with Crippen molar-refractivity contribution in [1.29, 1.82) is 0 Å². The Kier molecular flexibility index (Phi) is 4.73. The van der Waals surface area contributed by atoms with Gasteiger partial charge in [0, 0.05) is 6.92 Å². The molecule has 0 aliphatic carbocycles. The van der Waals surface area contributed by atoms with Gasteiger partial charge in [-0.3, -0.25) is 0 Å². The maximum absolute atomic E-state index is 6.96. The number of hydrogen-bond acceptors (Lipinski definition) is 0. The zero-order valence-corrected chi connectivity index (χ0v) is 5.54. The lowest BCUT2D eigenvalue weighted by atomic mass is 10.1. The van der Waals surface area contributed by atoms with Crippen LogP contribution in [-0.2, 0) is 0 Å². The fraction of sp³-hybridized carbons (Fsp3) is 0.625. The lowest BCUT2D eigenvalue weighted by molar-refractivity contribution is 0.720. The summed E-state index contributed by atoms with van der Waals surface area (Å²) in [6.07, 6.45) is 4.48. The van der Waals surface area contributed by atoms with Crippen LogP contribution in [0, 0.1) is 6.92 Å². The van der Waals surface area contributed by atoms with Crippen LogP contribution in [0.1, 0.15) is 32.6 Å². The van der Waals surface area contributed by atoms with Gasteiger partial charge in [0.05, 0.1) is 0 Å². The summed E-state index contributed by atoms with van der Waals surface area (Å²) in [6, 6.07) is 0. The highest BCUT2D eigenvalue weighted by Crippen LogP contribution is 2.04. The predicted molar refractivity (Wildman–Crippen MR) is 36.5 cm³/mol. The highest BCUT2D eigenvalue weighted by Gasteiger charge is 1.85. The van der Waals surface area contributed by atoms with E-state index in [2.05, 4.69) is 13.5 Å². The second-order valence-corrected chi connectivity index (χ2v) is 2.06. The van der Waals surface area contributed by atoms with Crippen LogP contribution in [0.2, 0.25) is 0 Å². The molecule has 0 N–H and O–H groups in total. The molecular weight excluding hydrogens is 96.1 g/mol. The molecular formula is C8H13. The van der Waals surface area contributed by atoms with Crippen molar-refractivity contribution in [2.75, 3.05) is 0 Å². The second-order valence-electron chi connectivity index (χ2n) is 2.06. The third-order valence-corrected chi connectivity index (χ3v) is 1.08. The Hall–Kier alpha value is -0.260. The smallest absolute Gasteiger partial charge is 0.0244 e. The topological polar surface area (TPSA) is 0 Å². The van der Waals surface area contributed by atoms with E-state index in [0.29, 0.717) is 5.57 Å². The van der Waals surface area contributed by atoms with Gasteiger partial charge in [0.2, 0.25) is 0 Å². The van der Waals surface area contributed by atoms with Crippen LogP contribution in [0.3, 0.4) is 0 Å². The maximum Gasteiger partial charge on any atom is 0.0244 e. The number of allylic oxidation sites excluding steroid dienone is 1. The minimum Gasteiger partial charge on any atom is -0.0992 e. The van der Waals surface area contributed by atoms with E-state index < -0.39 is 0 Å². The molecule has 0 heteroatoms. The third-order valence-electron chi connectivity index (χ3n) is 1.08. The number of unbranched alkanes of at least 4 members (excludes halogenated alkanes) is 2. The van der Waals surface area contributed by atoms with Crippen molar-refractivity contribution in [3.05, 3.63) is 19.1 Å². The molecule has 0 aromatic carbocycles. The summed E-state index contributed by atoms with van der Waals surface area (Å²) in [4.78, 5) is 0. The van der Waals surface area contributed by atoms with Gasteiger partial charge in [-0.05, 0) is 12.8 Å². The first-order chi connectivity index (χ1) is 3.77. The Morgan fingerprint density at radius 3 is 2.50 bits per heavy atom. The molecule has 0 saturated heterocycles. The minimum atomic E-state index is 0.568. The molecule has 0 atom stereocenters. The fourth-order valence-electron chi connectivity index (χ4n) is 0.588. The summed E-state index contributed by atoms with van der Waals surface area (Å²) in [5.74, 6) is 0. The molecule has 0 nitrogen and oxygen atoms in total. The Labute approximate surface area is 52.6 Å². The Morgan fingerprint density at radius 1 is 1.50 bits per heavy atom. The van der Waals surface area contributed by atoms with Crippen LogP contribution in [0.5, 0.6) is 0 Å². The van der Waals surface area contributed by atoms with Gasteiger partial charge in [0.1, 0.15) is 0 Å². The van der Waals surface area contributed by atoms with Gasteiger partial charge in [-0.2, -0.15) is 0 Å². The maximum atomic E-state index is 6.96. The molecule has 0 aliphatic heterocycles. The predicted octanol–water partition coefficient (Wildman–Crippen LogP) is 2.71. The van der Waals surface area contributed by atoms with E-state index in [0.717, 1.165) is 12.8 Å². The SMILES string of the molecule is [C]C(=C)CCCCC. The highest BCUT2D eigenvalue weighted by atomic mass is 13.9. The van der Waals surface area contributed by atoms with Crippen molar-refractivity contribution in [2.24, 2.45) is 0 Å². The van der Waals surface area contributed by atoms with Crippen molar-refractivity contribution in [3.63, 3.8) is 0 Å². The van der Waals surface area contributed by atoms with Gasteiger partial charge < -0.3 is 0 Å². The van der Waals surface area contributed by atoms with Crippen LogP contribution in [-0.4, -0.2) is 0 Å². The average Bonchev–Trinajstić information content (AvgIpc) is 1.66. The van der Waals surface area contributed by atoms with Crippen LogP contribution in [0.25, 0.3) is 0 Å². The van der Waals surface area contributed by atoms with Gasteiger partial charge >= 0.3 is 0 Å². The summed E-state index contributed by atoms with van der Waals surface area (Å²) in [6.45, 7) is 12.6. The normalized spacial score (nSPS) is 9.25. The molecule has 45 valence electrons. The summed E-state index contributed by atoms with van der Waals surface area (Å²) in [5, 5.41) is 0. The van der Waals surface area contributed by atoms with E-state index in [1.54, 1.807) is 0 Å². The van der Waals surface area contributed by atoms with E-state index in [1.807, 2.05) is 0 Å². The molecule has 0 aliphatic rings. The van der Waals surface area contributed by atoms with Gasteiger partial charge in [-0.25, -0.2) is 0 Å². The average molecular weight is 109 g/mol. The molecule has 3 radical (unpaired) electrons. The first-order valence-corrected chi connectivity index (χ1v) is 3.16. The zero-order chi connectivity index (χ0) is 6.41. The van der Waals surface area contributed by atoms with Crippen LogP contribution in [0.4, 0.5) is 0 Å². The van der Waals surface area contributed by atoms with Crippen LogP contribution < -0.4 is 0 Å². The van der Waals surface area contributed by atoms with Crippen LogP contribution >= 0.6 is 0 Å². The first kappa shape index (κ1) is 7.74. The van der Waals surface area contributed by atoms with Crippen molar-refractivity contribution in [2.45, 2.75) is 32.6 Å². The molecule has 0 unspecified atom stereocenters. The molecule has 0 spiro atoms. The Balaban J connectivity index is 2.82. The molecule has 0 aromatic heterocycles. The summed E-state index contributed by atoms with van der Waals surface area (Å²) < 4.78 is 0. The van der Waals surface area contributed by atoms with Gasteiger partial charge in [-0.1, -0.05) is 31.9 Å². The Bertz CT molecular complexity index is 62.4. The number of hydrogen-bond donors (Lipinski definition) is 0. The molecule has 0 aromatic rings. The van der Waals surface area contributed by atoms with E-state index in [9.17, 15) is 0 Å². The van der Waals surface area contributed by atoms with Crippen molar-refractivity contribution < 1.29 is 0 Å². The van der Waals surface area contributed by atoms with Gasteiger partial charge in [0.25, 0.3) is 0 Å². The van der Waals surface area contributed by atoms with E-state index in [1.165, 1.54) is 12.8 Å². The molecule has 0 amide bonds. The van der Waals surface area contributed by atoms with Gasteiger partial charge in [0.15, 0.2) is 0 Å².